The first-order chi connectivity index (χ1) is 23.3. The average Bonchev–Trinajstić information content (AvgIpc) is 3.06. The van der Waals surface area contributed by atoms with Crippen LogP contribution in [0.2, 0.25) is 0 Å². The molecule has 0 amide bonds. The van der Waals surface area contributed by atoms with Crippen molar-refractivity contribution in [1.29, 1.82) is 0 Å². The Morgan fingerprint density at radius 2 is 1.00 bits per heavy atom. The van der Waals surface area contributed by atoms with E-state index in [4.69, 9.17) is 18.5 Å². The largest absolute Gasteiger partial charge is 0.756 e. The number of hydrogen-bond donors (Lipinski definition) is 1. The van der Waals surface area contributed by atoms with Crippen molar-refractivity contribution in [2.45, 2.75) is 206 Å². The molecule has 10 heteroatoms. The predicted octanol–water partition coefficient (Wildman–Crippen LogP) is 9.54. The molecule has 0 saturated carbocycles. The Kier molecular flexibility index (Phi) is 35.4. The Bertz CT molecular complexity index is 723. The number of rotatable bonds is 39. The van der Waals surface area contributed by atoms with Gasteiger partial charge in [0.15, 0.2) is 12.1 Å². The van der Waals surface area contributed by atoms with Crippen molar-refractivity contribution >= 4 is 19.6 Å². The number of Topliss-reactive ketones (excluding diaryl/α,β-unsaturated/α-hetero) is 1. The van der Waals surface area contributed by atoms with E-state index in [2.05, 4.69) is 19.6 Å². The Balaban J connectivity index is 4.18. The van der Waals surface area contributed by atoms with Crippen molar-refractivity contribution in [3.05, 3.63) is 0 Å². The highest BCUT2D eigenvalue weighted by Gasteiger charge is 2.22. The number of ketones is 1. The van der Waals surface area contributed by atoms with Crippen LogP contribution in [0.4, 0.5) is 0 Å². The topological polar surface area (TPSA) is 139 Å². The van der Waals surface area contributed by atoms with E-state index in [-0.39, 0.29) is 25.4 Å². The third-order valence-corrected chi connectivity index (χ3v) is 9.74. The summed E-state index contributed by atoms with van der Waals surface area (Å²) < 4.78 is 32.9. The summed E-state index contributed by atoms with van der Waals surface area (Å²) in [5, 5.41) is 0. The van der Waals surface area contributed by atoms with Crippen molar-refractivity contribution in [1.82, 2.24) is 0 Å². The van der Waals surface area contributed by atoms with Gasteiger partial charge in [-0.2, -0.15) is 0 Å². The molecule has 0 saturated heterocycles. The first kappa shape index (κ1) is 47.2. The van der Waals surface area contributed by atoms with Crippen molar-refractivity contribution in [2.24, 2.45) is 0 Å². The third kappa shape index (κ3) is 35.0. The lowest BCUT2D eigenvalue weighted by Gasteiger charge is -2.27. The van der Waals surface area contributed by atoms with Gasteiger partial charge in [0, 0.05) is 19.3 Å². The summed E-state index contributed by atoms with van der Waals surface area (Å²) in [5.74, 6) is -0.573. The maximum absolute atomic E-state index is 12.4. The number of carbonyl (C=O) groups is 2. The van der Waals surface area contributed by atoms with Gasteiger partial charge in [-0.3, -0.25) is 18.7 Å². The van der Waals surface area contributed by atoms with Crippen LogP contribution in [-0.2, 0) is 32.7 Å². The van der Waals surface area contributed by atoms with Crippen LogP contribution >= 0.6 is 7.82 Å². The van der Waals surface area contributed by atoms with Gasteiger partial charge < -0.3 is 24.6 Å². The van der Waals surface area contributed by atoms with Crippen LogP contribution in [0.15, 0.2) is 0 Å². The van der Waals surface area contributed by atoms with Crippen LogP contribution in [-0.4, -0.2) is 44.4 Å². The number of hydrogen-bond acceptors (Lipinski definition) is 8. The molecule has 3 N–H and O–H groups in total. The number of phosphoric ester groups is 1. The quantitative estimate of drug-likeness (QED) is 0.0289. The number of carbonyl (C=O) groups excluding carboxylic acids is 2. The van der Waals surface area contributed by atoms with Gasteiger partial charge in [0.1, 0.15) is 13.2 Å². The molecule has 0 heterocycles. The summed E-state index contributed by atoms with van der Waals surface area (Å²) in [4.78, 5) is 37.0. The lowest BCUT2D eigenvalue weighted by Crippen LogP contribution is -2.50. The van der Waals surface area contributed by atoms with Gasteiger partial charge in [0.05, 0.1) is 13.2 Å². The van der Waals surface area contributed by atoms with Gasteiger partial charge in [0.2, 0.25) is 0 Å². The Morgan fingerprint density at radius 1 is 0.604 bits per heavy atom. The first-order valence-electron chi connectivity index (χ1n) is 20.1. The van der Waals surface area contributed by atoms with E-state index >= 15 is 0 Å². The Labute approximate surface area is 295 Å². The second-order valence-electron chi connectivity index (χ2n) is 13.5. The van der Waals surface area contributed by atoms with E-state index < -0.39 is 26.7 Å². The van der Waals surface area contributed by atoms with Crippen LogP contribution in [0.25, 0.3) is 0 Å². The van der Waals surface area contributed by atoms with Gasteiger partial charge >= 0.3 is 5.97 Å². The monoisotopic (exact) mass is 706 g/mol. The summed E-state index contributed by atoms with van der Waals surface area (Å²) >= 11 is 0. The summed E-state index contributed by atoms with van der Waals surface area (Å²) in [6, 6.07) is 0. The number of unbranched alkanes of at least 4 members (excludes halogenated alkanes) is 24. The smallest absolute Gasteiger partial charge is 0.305 e. The standard InChI is InChI=1S/C38H76NO8P/c1-3-5-7-9-11-13-15-17-19-21-23-25-27-30-36(40)34-45-38(47-48(42,43)46-33-29-32-39)35-44-37(41)31-28-26-24-22-20-18-16-14-12-10-8-6-4-2/h38H,3-35,39H2,1-2H3,(H,42,43). The minimum absolute atomic E-state index is 0.0617. The molecule has 0 bridgehead atoms. The molecule has 48 heavy (non-hydrogen) atoms. The molecular formula is C38H76NO8P. The fourth-order valence-electron chi connectivity index (χ4n) is 5.68. The highest BCUT2D eigenvalue weighted by molar-refractivity contribution is 7.45. The van der Waals surface area contributed by atoms with E-state index in [1.54, 1.807) is 0 Å². The highest BCUT2D eigenvalue weighted by Crippen LogP contribution is 2.40. The fourth-order valence-corrected chi connectivity index (χ4v) is 6.50. The Hall–Kier alpha value is -0.830. The fraction of sp³-hybridized carbons (Fsp3) is 0.947. The molecule has 0 aliphatic heterocycles. The molecule has 0 aromatic heterocycles. The second kappa shape index (κ2) is 36.0. The van der Waals surface area contributed by atoms with Gasteiger partial charge in [-0.05, 0) is 12.8 Å². The van der Waals surface area contributed by atoms with Gasteiger partial charge in [-0.1, -0.05) is 168 Å². The zero-order valence-corrected chi connectivity index (χ0v) is 32.2. The molecule has 0 fully saturated rings. The van der Waals surface area contributed by atoms with E-state index in [9.17, 15) is 19.0 Å². The number of ether oxygens (including phenoxy) is 2. The van der Waals surface area contributed by atoms with Crippen molar-refractivity contribution < 1.29 is 43.3 Å². The van der Waals surface area contributed by atoms with Crippen LogP contribution in [0, 0.1) is 0 Å². The van der Waals surface area contributed by atoms with Crippen molar-refractivity contribution in [2.75, 3.05) is 26.4 Å². The van der Waals surface area contributed by atoms with E-state index in [1.807, 2.05) is 0 Å². The number of quaternary nitrogens is 1. The van der Waals surface area contributed by atoms with Gasteiger partial charge in [-0.15, -0.1) is 0 Å². The lowest BCUT2D eigenvalue weighted by atomic mass is 10.0. The molecule has 0 aromatic rings. The van der Waals surface area contributed by atoms with Gasteiger partial charge in [-0.25, -0.2) is 0 Å². The molecule has 0 aliphatic carbocycles. The SMILES string of the molecule is CCCCCCCCCCCCCCCC(=O)COC(COC(=O)CCCCCCCCCCCCCCC)OP(=O)([O-])OCCC[NH3+]. The molecule has 0 aromatic carbocycles. The molecular weight excluding hydrogens is 629 g/mol. The molecule has 0 rings (SSSR count). The predicted molar refractivity (Wildman–Crippen MR) is 193 cm³/mol. The highest BCUT2D eigenvalue weighted by atomic mass is 31.2. The van der Waals surface area contributed by atoms with E-state index in [1.165, 1.54) is 128 Å². The number of phosphoric acid groups is 1. The maximum Gasteiger partial charge on any atom is 0.305 e. The van der Waals surface area contributed by atoms with Crippen LogP contribution in [0.1, 0.15) is 200 Å². The minimum atomic E-state index is -4.71. The van der Waals surface area contributed by atoms with E-state index in [0.717, 1.165) is 32.1 Å². The minimum Gasteiger partial charge on any atom is -0.756 e. The Morgan fingerprint density at radius 3 is 1.42 bits per heavy atom. The third-order valence-electron chi connectivity index (χ3n) is 8.74. The van der Waals surface area contributed by atoms with Crippen LogP contribution in [0.3, 0.4) is 0 Å². The van der Waals surface area contributed by atoms with Crippen LogP contribution in [0.5, 0.6) is 0 Å². The average molecular weight is 706 g/mol. The lowest BCUT2D eigenvalue weighted by molar-refractivity contribution is -0.369. The van der Waals surface area contributed by atoms with Crippen molar-refractivity contribution in [3.8, 4) is 0 Å². The summed E-state index contributed by atoms with van der Waals surface area (Å²) in [5.41, 5.74) is 3.66. The number of esters is 1. The molecule has 0 aliphatic rings. The van der Waals surface area contributed by atoms with Crippen molar-refractivity contribution in [3.63, 3.8) is 0 Å². The van der Waals surface area contributed by atoms with Gasteiger partial charge in [0.25, 0.3) is 7.82 Å². The zero-order chi connectivity index (χ0) is 35.4. The van der Waals surface area contributed by atoms with E-state index in [0.29, 0.717) is 25.8 Å². The molecule has 0 radical (unpaired) electrons. The molecule has 2 atom stereocenters. The zero-order valence-electron chi connectivity index (χ0n) is 31.3. The maximum atomic E-state index is 12.4. The normalized spacial score (nSPS) is 13.4. The van der Waals surface area contributed by atoms with Crippen LogP contribution < -0.4 is 10.6 Å². The first-order valence-corrected chi connectivity index (χ1v) is 21.5. The molecule has 0 spiro atoms. The molecule has 9 nitrogen and oxygen atoms in total. The molecule has 286 valence electrons. The summed E-state index contributed by atoms with van der Waals surface area (Å²) in [6.45, 7) is 4.22. The summed E-state index contributed by atoms with van der Waals surface area (Å²) in [6.07, 6.45) is 31.4. The molecule has 2 unspecified atom stereocenters. The summed E-state index contributed by atoms with van der Waals surface area (Å²) in [7, 11) is -4.71. The second-order valence-corrected chi connectivity index (χ2v) is 14.9.